The number of nitrogens with zero attached hydrogens (tertiary/aromatic N) is 1. The summed E-state index contributed by atoms with van der Waals surface area (Å²) in [4.78, 5) is 25.1. The third kappa shape index (κ3) is 2.16. The largest absolute Gasteiger partial charge is 0.497 e. The van der Waals surface area contributed by atoms with Gasteiger partial charge in [-0.25, -0.2) is 4.90 Å². The highest BCUT2D eigenvalue weighted by molar-refractivity contribution is 6.18. The number of methoxy groups -OCH3 is 1. The molecule has 2 rings (SSSR count). The Hall–Kier alpha value is -2.04. The predicted molar refractivity (Wildman–Crippen MR) is 68.3 cm³/mol. The number of benzene rings is 1. The summed E-state index contributed by atoms with van der Waals surface area (Å²) < 4.78 is 5.09. The average molecular weight is 248 g/mol. The van der Waals surface area contributed by atoms with Crippen molar-refractivity contribution in [2.45, 2.75) is 19.8 Å². The summed E-state index contributed by atoms with van der Waals surface area (Å²) in [7, 11) is 1.53. The van der Waals surface area contributed by atoms with E-state index in [2.05, 4.69) is 0 Å². The number of piperidine rings is 1. The van der Waals surface area contributed by atoms with E-state index in [0.29, 0.717) is 30.0 Å². The number of hydrogen-bond donors (Lipinski definition) is 1. The van der Waals surface area contributed by atoms with E-state index < -0.39 is 0 Å². The molecular formula is C13H16N2O3. The quantitative estimate of drug-likeness (QED) is 0.637. The fourth-order valence-electron chi connectivity index (χ4n) is 2.10. The van der Waals surface area contributed by atoms with E-state index >= 15 is 0 Å². The van der Waals surface area contributed by atoms with Crippen LogP contribution in [0.2, 0.25) is 0 Å². The third-order valence-corrected chi connectivity index (χ3v) is 3.02. The van der Waals surface area contributed by atoms with Crippen LogP contribution in [0.1, 0.15) is 19.8 Å². The predicted octanol–water partition coefficient (Wildman–Crippen LogP) is 1.57. The SMILES string of the molecule is COc1ccc(N)c(N2C(=O)CC(C)CC2=O)c1. The van der Waals surface area contributed by atoms with Crippen molar-refractivity contribution in [1.29, 1.82) is 0 Å². The van der Waals surface area contributed by atoms with Gasteiger partial charge < -0.3 is 10.5 Å². The van der Waals surface area contributed by atoms with Crippen LogP contribution in [0, 0.1) is 5.92 Å². The van der Waals surface area contributed by atoms with Crippen molar-refractivity contribution in [3.05, 3.63) is 18.2 Å². The smallest absolute Gasteiger partial charge is 0.234 e. The molecule has 1 heterocycles. The lowest BCUT2D eigenvalue weighted by atomic mass is 9.97. The second-order valence-electron chi connectivity index (χ2n) is 4.56. The minimum atomic E-state index is -0.210. The molecule has 2 amide bonds. The average Bonchev–Trinajstić information content (AvgIpc) is 2.30. The van der Waals surface area contributed by atoms with Crippen molar-refractivity contribution in [2.24, 2.45) is 5.92 Å². The number of nitrogens with two attached hydrogens (primary N) is 1. The Morgan fingerprint density at radius 2 is 1.89 bits per heavy atom. The Morgan fingerprint density at radius 1 is 1.28 bits per heavy atom. The van der Waals surface area contributed by atoms with E-state index in [1.165, 1.54) is 7.11 Å². The summed E-state index contributed by atoms with van der Waals surface area (Å²) in [6.45, 7) is 1.89. The highest BCUT2D eigenvalue weighted by Crippen LogP contribution is 2.32. The van der Waals surface area contributed by atoms with Gasteiger partial charge in [-0.1, -0.05) is 6.92 Å². The van der Waals surface area contributed by atoms with Crippen LogP contribution in [0.15, 0.2) is 18.2 Å². The first-order valence-electron chi connectivity index (χ1n) is 5.82. The van der Waals surface area contributed by atoms with Crippen molar-refractivity contribution in [3.8, 4) is 5.75 Å². The lowest BCUT2D eigenvalue weighted by Crippen LogP contribution is -2.43. The molecule has 0 aliphatic carbocycles. The van der Waals surface area contributed by atoms with E-state index in [1.807, 2.05) is 6.92 Å². The summed E-state index contributed by atoms with van der Waals surface area (Å²) in [6.07, 6.45) is 0.727. The number of hydrogen-bond acceptors (Lipinski definition) is 4. The van der Waals surface area contributed by atoms with E-state index in [1.54, 1.807) is 18.2 Å². The van der Waals surface area contributed by atoms with E-state index in [-0.39, 0.29) is 17.7 Å². The molecule has 5 nitrogen and oxygen atoms in total. The molecule has 1 saturated heterocycles. The first kappa shape index (κ1) is 12.4. The molecule has 18 heavy (non-hydrogen) atoms. The van der Waals surface area contributed by atoms with Crippen molar-refractivity contribution in [3.63, 3.8) is 0 Å². The molecule has 5 heteroatoms. The van der Waals surface area contributed by atoms with Gasteiger partial charge in [-0.05, 0) is 18.1 Å². The zero-order valence-corrected chi connectivity index (χ0v) is 10.5. The zero-order chi connectivity index (χ0) is 13.3. The Kier molecular flexibility index (Phi) is 3.23. The molecule has 0 atom stereocenters. The summed E-state index contributed by atoms with van der Waals surface area (Å²) in [5.41, 5.74) is 6.64. The Balaban J connectivity index is 2.41. The summed E-state index contributed by atoms with van der Waals surface area (Å²) in [6, 6.07) is 4.94. The third-order valence-electron chi connectivity index (χ3n) is 3.02. The molecule has 1 fully saturated rings. The van der Waals surface area contributed by atoms with Gasteiger partial charge in [0.15, 0.2) is 0 Å². The van der Waals surface area contributed by atoms with Crippen LogP contribution in [0.3, 0.4) is 0 Å². The van der Waals surface area contributed by atoms with Gasteiger partial charge in [-0.15, -0.1) is 0 Å². The molecule has 0 bridgehead atoms. The van der Waals surface area contributed by atoms with Crippen molar-refractivity contribution >= 4 is 23.2 Å². The molecule has 1 aromatic carbocycles. The van der Waals surface area contributed by atoms with Gasteiger partial charge >= 0.3 is 0 Å². The van der Waals surface area contributed by atoms with Gasteiger partial charge in [0.2, 0.25) is 11.8 Å². The number of amides is 2. The standard InChI is InChI=1S/C13H16N2O3/c1-8-5-12(16)15(13(17)6-8)11-7-9(18-2)3-4-10(11)14/h3-4,7-8H,5-6,14H2,1-2H3. The topological polar surface area (TPSA) is 72.6 Å². The minimum absolute atomic E-state index is 0.0908. The lowest BCUT2D eigenvalue weighted by Gasteiger charge is -2.29. The first-order chi connectivity index (χ1) is 8.52. The molecule has 0 saturated carbocycles. The van der Waals surface area contributed by atoms with Gasteiger partial charge in [0.05, 0.1) is 18.5 Å². The van der Waals surface area contributed by atoms with E-state index in [4.69, 9.17) is 10.5 Å². The zero-order valence-electron chi connectivity index (χ0n) is 10.5. The Morgan fingerprint density at radius 3 is 2.44 bits per heavy atom. The normalized spacial score (nSPS) is 17.1. The number of carbonyl (C=O) groups is 2. The van der Waals surface area contributed by atoms with Crippen LogP contribution in [-0.2, 0) is 9.59 Å². The van der Waals surface area contributed by atoms with Crippen molar-refractivity contribution < 1.29 is 14.3 Å². The van der Waals surface area contributed by atoms with Crippen LogP contribution >= 0.6 is 0 Å². The monoisotopic (exact) mass is 248 g/mol. The van der Waals surface area contributed by atoms with Crippen LogP contribution in [0.4, 0.5) is 11.4 Å². The summed E-state index contributed by atoms with van der Waals surface area (Å²) in [5, 5.41) is 0. The molecule has 0 aromatic heterocycles. The first-order valence-corrected chi connectivity index (χ1v) is 5.82. The molecule has 96 valence electrons. The van der Waals surface area contributed by atoms with Gasteiger partial charge in [-0.3, -0.25) is 9.59 Å². The molecule has 0 spiro atoms. The minimum Gasteiger partial charge on any atom is -0.497 e. The van der Waals surface area contributed by atoms with Gasteiger partial charge in [0.25, 0.3) is 0 Å². The highest BCUT2D eigenvalue weighted by Gasteiger charge is 2.32. The van der Waals surface area contributed by atoms with Gasteiger partial charge in [0.1, 0.15) is 5.75 Å². The fourth-order valence-corrected chi connectivity index (χ4v) is 2.10. The van der Waals surface area contributed by atoms with Crippen molar-refractivity contribution in [2.75, 3.05) is 17.7 Å². The van der Waals surface area contributed by atoms with Crippen LogP contribution < -0.4 is 15.4 Å². The molecule has 0 radical (unpaired) electrons. The molecule has 1 aromatic rings. The van der Waals surface area contributed by atoms with Crippen LogP contribution in [0.25, 0.3) is 0 Å². The summed E-state index contributed by atoms with van der Waals surface area (Å²) >= 11 is 0. The van der Waals surface area contributed by atoms with Crippen LogP contribution in [0.5, 0.6) is 5.75 Å². The number of nitrogen functional groups attached to an aromatic ring is 1. The van der Waals surface area contributed by atoms with Crippen molar-refractivity contribution in [1.82, 2.24) is 0 Å². The highest BCUT2D eigenvalue weighted by atomic mass is 16.5. The number of ether oxygens (including phenoxy) is 1. The lowest BCUT2D eigenvalue weighted by molar-refractivity contribution is -0.130. The molecule has 1 aliphatic heterocycles. The number of imide groups is 1. The molecule has 1 aliphatic rings. The Bertz CT molecular complexity index is 481. The van der Waals surface area contributed by atoms with Crippen LogP contribution in [-0.4, -0.2) is 18.9 Å². The Labute approximate surface area is 106 Å². The molecule has 2 N–H and O–H groups in total. The second-order valence-corrected chi connectivity index (χ2v) is 4.56. The fraction of sp³-hybridized carbons (Fsp3) is 0.385. The number of rotatable bonds is 2. The maximum atomic E-state index is 12.0. The molecular weight excluding hydrogens is 232 g/mol. The van der Waals surface area contributed by atoms with E-state index in [0.717, 1.165) is 4.90 Å². The van der Waals surface area contributed by atoms with E-state index in [9.17, 15) is 9.59 Å². The number of anilines is 2. The summed E-state index contributed by atoms with van der Waals surface area (Å²) in [5.74, 6) is 0.240. The van der Waals surface area contributed by atoms with Gasteiger partial charge in [-0.2, -0.15) is 0 Å². The maximum absolute atomic E-state index is 12.0. The maximum Gasteiger partial charge on any atom is 0.234 e. The number of carbonyl (C=O) groups excluding carboxylic acids is 2. The molecule has 0 unspecified atom stereocenters. The van der Waals surface area contributed by atoms with Gasteiger partial charge in [0, 0.05) is 18.9 Å². The second kappa shape index (κ2) is 4.68.